The number of rotatable bonds is 6. The predicted octanol–water partition coefficient (Wildman–Crippen LogP) is 3.72. The van der Waals surface area contributed by atoms with Crippen molar-refractivity contribution < 1.29 is 0 Å². The lowest BCUT2D eigenvalue weighted by molar-refractivity contribution is 0.749. The van der Waals surface area contributed by atoms with E-state index in [9.17, 15) is 0 Å². The van der Waals surface area contributed by atoms with Gasteiger partial charge in [0, 0.05) is 24.2 Å². The number of benzene rings is 2. The van der Waals surface area contributed by atoms with Crippen molar-refractivity contribution >= 4 is 11.0 Å². The Labute approximate surface area is 158 Å². The van der Waals surface area contributed by atoms with Gasteiger partial charge in [-0.2, -0.15) is 0 Å². The number of hydrogen-bond donors (Lipinski definition) is 2. The zero-order valence-corrected chi connectivity index (χ0v) is 15.4. The van der Waals surface area contributed by atoms with Crippen LogP contribution in [0.25, 0.3) is 11.0 Å². The molecule has 0 aliphatic heterocycles. The van der Waals surface area contributed by atoms with Gasteiger partial charge in [0.2, 0.25) is 0 Å². The quantitative estimate of drug-likeness (QED) is 0.552. The third kappa shape index (κ3) is 3.62. The van der Waals surface area contributed by atoms with Crippen LogP contribution in [0.3, 0.4) is 0 Å². The van der Waals surface area contributed by atoms with Crippen molar-refractivity contribution in [2.24, 2.45) is 5.73 Å². The zero-order valence-electron chi connectivity index (χ0n) is 15.4. The second-order valence-electron chi connectivity index (χ2n) is 6.90. The molecule has 0 atom stereocenters. The summed E-state index contributed by atoms with van der Waals surface area (Å²) in [6.45, 7) is 6.57. The molecule has 0 amide bonds. The topological polar surface area (TPSA) is 72.5 Å². The summed E-state index contributed by atoms with van der Waals surface area (Å²) in [4.78, 5) is 12.6. The molecule has 4 rings (SSSR count). The minimum absolute atomic E-state index is 0.609. The Balaban J connectivity index is 1.70. The van der Waals surface area contributed by atoms with E-state index in [0.29, 0.717) is 18.7 Å². The average Bonchev–Trinajstić information content (AvgIpc) is 3.20. The number of nitrogens with zero attached hydrogens (tertiary/aromatic N) is 3. The van der Waals surface area contributed by atoms with Crippen LogP contribution >= 0.6 is 0 Å². The number of aromatic amines is 1. The first kappa shape index (κ1) is 17.1. The number of nitrogens with two attached hydrogens (primary N) is 1. The van der Waals surface area contributed by atoms with Gasteiger partial charge in [0.15, 0.2) is 0 Å². The lowest BCUT2D eigenvalue weighted by Gasteiger charge is -2.11. The molecule has 0 saturated heterocycles. The van der Waals surface area contributed by atoms with E-state index in [-0.39, 0.29) is 0 Å². The number of imidazole rings is 2. The first-order valence-corrected chi connectivity index (χ1v) is 9.04. The molecule has 3 N–H and O–H groups in total. The SMILES string of the molecule is C=C(N)Cc1c(Cc2ccccc2)ncn1Cc1cccc2[nH]c(C)nc12. The van der Waals surface area contributed by atoms with Gasteiger partial charge in [0.05, 0.1) is 29.6 Å². The summed E-state index contributed by atoms with van der Waals surface area (Å²) < 4.78 is 2.16. The van der Waals surface area contributed by atoms with Gasteiger partial charge < -0.3 is 15.3 Å². The van der Waals surface area contributed by atoms with Gasteiger partial charge in [0.25, 0.3) is 0 Å². The van der Waals surface area contributed by atoms with Crippen LogP contribution < -0.4 is 5.73 Å². The highest BCUT2D eigenvalue weighted by atomic mass is 15.1. The van der Waals surface area contributed by atoms with E-state index in [1.165, 1.54) is 5.56 Å². The van der Waals surface area contributed by atoms with Crippen LogP contribution in [0.15, 0.2) is 67.1 Å². The number of aryl methyl sites for hydroxylation is 1. The van der Waals surface area contributed by atoms with Crippen molar-refractivity contribution in [1.82, 2.24) is 19.5 Å². The number of nitrogens with one attached hydrogen (secondary N) is 1. The fourth-order valence-corrected chi connectivity index (χ4v) is 3.47. The van der Waals surface area contributed by atoms with Crippen LogP contribution in [-0.2, 0) is 19.4 Å². The maximum absolute atomic E-state index is 5.95. The van der Waals surface area contributed by atoms with Crippen molar-refractivity contribution in [3.63, 3.8) is 0 Å². The average molecular weight is 357 g/mol. The van der Waals surface area contributed by atoms with E-state index in [2.05, 4.69) is 68.6 Å². The fraction of sp³-hybridized carbons (Fsp3) is 0.182. The molecule has 0 unspecified atom stereocenters. The molecule has 0 radical (unpaired) electrons. The van der Waals surface area contributed by atoms with E-state index < -0.39 is 0 Å². The van der Waals surface area contributed by atoms with Gasteiger partial charge >= 0.3 is 0 Å². The number of hydrogen-bond acceptors (Lipinski definition) is 3. The maximum atomic E-state index is 5.95. The Kier molecular flexibility index (Phi) is 4.50. The molecule has 2 aromatic heterocycles. The highest BCUT2D eigenvalue weighted by Gasteiger charge is 2.14. The van der Waals surface area contributed by atoms with E-state index in [4.69, 9.17) is 5.73 Å². The summed E-state index contributed by atoms with van der Waals surface area (Å²) in [5.41, 5.74) is 13.2. The predicted molar refractivity (Wildman–Crippen MR) is 108 cm³/mol. The second kappa shape index (κ2) is 7.11. The van der Waals surface area contributed by atoms with E-state index in [1.54, 1.807) is 0 Å². The molecule has 0 fully saturated rings. The summed E-state index contributed by atoms with van der Waals surface area (Å²) in [5.74, 6) is 0.920. The summed E-state index contributed by atoms with van der Waals surface area (Å²) in [7, 11) is 0. The normalized spacial score (nSPS) is 11.1. The van der Waals surface area contributed by atoms with Gasteiger partial charge in [-0.3, -0.25) is 0 Å². The smallest absolute Gasteiger partial charge is 0.104 e. The van der Waals surface area contributed by atoms with E-state index in [0.717, 1.165) is 40.2 Å². The molecular weight excluding hydrogens is 334 g/mol. The van der Waals surface area contributed by atoms with Crippen LogP contribution in [0, 0.1) is 6.92 Å². The molecule has 2 aromatic carbocycles. The van der Waals surface area contributed by atoms with Crippen molar-refractivity contribution in [1.29, 1.82) is 0 Å². The third-order valence-electron chi connectivity index (χ3n) is 4.70. The molecule has 136 valence electrons. The summed E-state index contributed by atoms with van der Waals surface area (Å²) in [5, 5.41) is 0. The van der Waals surface area contributed by atoms with Crippen LogP contribution in [0.5, 0.6) is 0 Å². The number of aromatic nitrogens is 4. The maximum Gasteiger partial charge on any atom is 0.104 e. The number of fused-ring (bicyclic) bond motifs is 1. The number of allylic oxidation sites excluding steroid dienone is 1. The minimum atomic E-state index is 0.609. The summed E-state index contributed by atoms with van der Waals surface area (Å²) in [6.07, 6.45) is 3.29. The summed E-state index contributed by atoms with van der Waals surface area (Å²) in [6, 6.07) is 16.6. The Morgan fingerprint density at radius 2 is 1.96 bits per heavy atom. The monoisotopic (exact) mass is 357 g/mol. The van der Waals surface area contributed by atoms with Gasteiger partial charge in [-0.25, -0.2) is 9.97 Å². The van der Waals surface area contributed by atoms with Crippen molar-refractivity contribution in [2.45, 2.75) is 26.3 Å². The second-order valence-corrected chi connectivity index (χ2v) is 6.90. The molecule has 5 nitrogen and oxygen atoms in total. The molecular formula is C22H23N5. The van der Waals surface area contributed by atoms with Gasteiger partial charge in [-0.05, 0) is 24.1 Å². The van der Waals surface area contributed by atoms with Gasteiger partial charge in [-0.15, -0.1) is 0 Å². The Hall–Kier alpha value is -3.34. The van der Waals surface area contributed by atoms with Crippen molar-refractivity contribution in [3.8, 4) is 0 Å². The lowest BCUT2D eigenvalue weighted by atomic mass is 10.1. The molecule has 0 saturated carbocycles. The largest absolute Gasteiger partial charge is 0.402 e. The zero-order chi connectivity index (χ0) is 18.8. The molecule has 2 heterocycles. The molecule has 0 spiro atoms. The van der Waals surface area contributed by atoms with Crippen LogP contribution in [0.1, 0.15) is 28.3 Å². The molecule has 27 heavy (non-hydrogen) atoms. The lowest BCUT2D eigenvalue weighted by Crippen LogP contribution is -2.10. The number of H-pyrrole nitrogens is 1. The Bertz CT molecular complexity index is 1090. The van der Waals surface area contributed by atoms with E-state index in [1.807, 2.05) is 19.3 Å². The van der Waals surface area contributed by atoms with Gasteiger partial charge in [0.1, 0.15) is 5.82 Å². The third-order valence-corrected chi connectivity index (χ3v) is 4.70. The number of para-hydroxylation sites is 1. The molecule has 0 aliphatic carbocycles. The van der Waals surface area contributed by atoms with Crippen LogP contribution in [-0.4, -0.2) is 19.5 Å². The molecule has 4 aromatic rings. The van der Waals surface area contributed by atoms with Crippen LogP contribution in [0.2, 0.25) is 0 Å². The highest BCUT2D eigenvalue weighted by molar-refractivity contribution is 5.78. The van der Waals surface area contributed by atoms with Crippen molar-refractivity contribution in [3.05, 3.63) is 95.5 Å². The van der Waals surface area contributed by atoms with Crippen molar-refractivity contribution in [2.75, 3.05) is 0 Å². The van der Waals surface area contributed by atoms with Gasteiger partial charge in [-0.1, -0.05) is 49.0 Å². The molecule has 0 aliphatic rings. The fourth-order valence-electron chi connectivity index (χ4n) is 3.47. The molecule has 0 bridgehead atoms. The first-order chi connectivity index (χ1) is 13.1. The summed E-state index contributed by atoms with van der Waals surface area (Å²) >= 11 is 0. The standard InChI is InChI=1S/C22H23N5/c1-15(23)11-21-20(12-17-7-4-3-5-8-17)24-14-27(21)13-18-9-6-10-19-22(18)26-16(2)25-19/h3-10,14H,1,11-13,23H2,2H3,(H,25,26). The van der Waals surface area contributed by atoms with Crippen LogP contribution in [0.4, 0.5) is 0 Å². The minimum Gasteiger partial charge on any atom is -0.402 e. The first-order valence-electron chi connectivity index (χ1n) is 9.04. The molecule has 5 heteroatoms. The Morgan fingerprint density at radius 3 is 2.74 bits per heavy atom. The van der Waals surface area contributed by atoms with E-state index >= 15 is 0 Å². The Morgan fingerprint density at radius 1 is 1.15 bits per heavy atom. The highest BCUT2D eigenvalue weighted by Crippen LogP contribution is 2.21.